The number of nitrogens with one attached hydrogen (secondary N) is 2. The molecule has 2 fully saturated rings. The summed E-state index contributed by atoms with van der Waals surface area (Å²) < 4.78 is 44.5. The highest BCUT2D eigenvalue weighted by atomic mass is 19.4. The van der Waals surface area contributed by atoms with Gasteiger partial charge in [0.15, 0.2) is 0 Å². The maximum Gasteiger partial charge on any atom is 0.417 e. The second kappa shape index (κ2) is 8.51. The molecule has 3 rings (SSSR count). The van der Waals surface area contributed by atoms with E-state index in [4.69, 9.17) is 4.74 Å². The molecule has 2 amide bonds. The van der Waals surface area contributed by atoms with E-state index in [1.54, 1.807) is 7.11 Å². The molecule has 154 valence electrons. The van der Waals surface area contributed by atoms with Gasteiger partial charge in [0.25, 0.3) is 5.91 Å². The van der Waals surface area contributed by atoms with Crippen LogP contribution in [0.4, 0.5) is 13.2 Å². The van der Waals surface area contributed by atoms with Crippen LogP contribution in [0, 0.1) is 11.8 Å². The molecular formula is C20H25F3N2O3. The molecule has 28 heavy (non-hydrogen) atoms. The number of piperidine rings is 1. The van der Waals surface area contributed by atoms with Crippen LogP contribution < -0.4 is 10.6 Å². The summed E-state index contributed by atoms with van der Waals surface area (Å²) in [5, 5.41) is 5.58. The zero-order valence-corrected chi connectivity index (χ0v) is 15.7. The Morgan fingerprint density at radius 2 is 2.00 bits per heavy atom. The number of halogens is 3. The number of alkyl halides is 3. The third kappa shape index (κ3) is 4.66. The number of carbonyl (C=O) groups is 2. The van der Waals surface area contributed by atoms with E-state index in [0.717, 1.165) is 37.8 Å². The van der Waals surface area contributed by atoms with E-state index in [2.05, 4.69) is 10.6 Å². The first-order chi connectivity index (χ1) is 13.3. The first kappa shape index (κ1) is 20.6. The average Bonchev–Trinajstić information content (AvgIpc) is 2.67. The van der Waals surface area contributed by atoms with Crippen LogP contribution in [0.3, 0.4) is 0 Å². The molecular weight excluding hydrogens is 373 g/mol. The summed E-state index contributed by atoms with van der Waals surface area (Å²) >= 11 is 0. The van der Waals surface area contributed by atoms with Crippen LogP contribution in [0.15, 0.2) is 24.3 Å². The van der Waals surface area contributed by atoms with Crippen LogP contribution >= 0.6 is 0 Å². The fraction of sp³-hybridized carbons (Fsp3) is 0.600. The van der Waals surface area contributed by atoms with E-state index in [9.17, 15) is 22.8 Å². The van der Waals surface area contributed by atoms with E-state index < -0.39 is 23.2 Å². The number of fused-ring (bicyclic) bond motifs is 1. The fourth-order valence-electron chi connectivity index (χ4n) is 4.27. The second-order valence-electron chi connectivity index (χ2n) is 7.57. The number of rotatable bonds is 5. The molecule has 5 nitrogen and oxygen atoms in total. The van der Waals surface area contributed by atoms with Crippen LogP contribution in [-0.2, 0) is 15.7 Å². The molecule has 0 radical (unpaired) electrons. The van der Waals surface area contributed by atoms with Crippen molar-refractivity contribution in [3.63, 3.8) is 0 Å². The maximum atomic E-state index is 13.0. The Labute approximate surface area is 162 Å². The minimum absolute atomic E-state index is 0.0528. The number of hydrogen-bond acceptors (Lipinski definition) is 3. The van der Waals surface area contributed by atoms with Crippen molar-refractivity contribution in [2.45, 2.75) is 50.4 Å². The molecule has 1 saturated heterocycles. The quantitative estimate of drug-likeness (QED) is 0.801. The van der Waals surface area contributed by atoms with Crippen molar-refractivity contribution in [1.29, 1.82) is 0 Å². The normalized spacial score (nSPS) is 27.6. The molecule has 4 atom stereocenters. The molecule has 0 bridgehead atoms. The molecule has 0 spiro atoms. The lowest BCUT2D eigenvalue weighted by Gasteiger charge is -2.41. The lowest BCUT2D eigenvalue weighted by molar-refractivity contribution is -0.138. The van der Waals surface area contributed by atoms with Gasteiger partial charge in [0.05, 0.1) is 17.2 Å². The first-order valence-corrected chi connectivity index (χ1v) is 9.57. The summed E-state index contributed by atoms with van der Waals surface area (Å²) in [7, 11) is 1.68. The summed E-state index contributed by atoms with van der Waals surface area (Å²) in [6.45, 7) is 0.154. The summed E-state index contributed by atoms with van der Waals surface area (Å²) in [5.74, 6) is -0.681. The summed E-state index contributed by atoms with van der Waals surface area (Å²) in [6.07, 6.45) is -0.523. The molecule has 2 N–H and O–H groups in total. The van der Waals surface area contributed by atoms with Crippen LogP contribution in [0.2, 0.25) is 0 Å². The average molecular weight is 398 g/mol. The lowest BCUT2D eigenvalue weighted by atomic mass is 9.74. The van der Waals surface area contributed by atoms with Crippen molar-refractivity contribution >= 4 is 11.8 Å². The van der Waals surface area contributed by atoms with Gasteiger partial charge in [0.2, 0.25) is 5.91 Å². The van der Waals surface area contributed by atoms with Crippen LogP contribution in [0.25, 0.3) is 0 Å². The lowest BCUT2D eigenvalue weighted by Crippen LogP contribution is -2.53. The van der Waals surface area contributed by atoms with Gasteiger partial charge in [0.1, 0.15) is 0 Å². The molecule has 2 aliphatic rings. The minimum Gasteiger partial charge on any atom is -0.381 e. The monoisotopic (exact) mass is 398 g/mol. The Balaban J connectivity index is 1.53. The Morgan fingerprint density at radius 3 is 2.71 bits per heavy atom. The van der Waals surface area contributed by atoms with E-state index in [-0.39, 0.29) is 30.5 Å². The number of amides is 2. The third-order valence-electron chi connectivity index (χ3n) is 5.82. The third-order valence-corrected chi connectivity index (χ3v) is 5.82. The number of methoxy groups -OCH3 is 1. The van der Waals surface area contributed by atoms with Gasteiger partial charge in [-0.05, 0) is 50.2 Å². The van der Waals surface area contributed by atoms with Gasteiger partial charge >= 0.3 is 6.18 Å². The molecule has 1 aliphatic heterocycles. The van der Waals surface area contributed by atoms with Crippen molar-refractivity contribution in [2.24, 2.45) is 11.8 Å². The molecule has 1 aromatic carbocycles. The topological polar surface area (TPSA) is 67.4 Å². The van der Waals surface area contributed by atoms with Gasteiger partial charge in [-0.1, -0.05) is 12.1 Å². The van der Waals surface area contributed by atoms with Crippen molar-refractivity contribution < 1.29 is 27.5 Å². The standard InChI is InChI=1S/C20H25F3N2O3/c1-28-14-7-6-12-10-13(18(26)25-17(12)11-14)8-9-24-19(27)15-4-2-3-5-16(15)20(21,22)23/h2-5,12-14,17H,6-11H2,1H3,(H,24,27)(H,25,26). The summed E-state index contributed by atoms with van der Waals surface area (Å²) in [5.41, 5.74) is -1.36. The smallest absolute Gasteiger partial charge is 0.381 e. The van der Waals surface area contributed by atoms with Gasteiger partial charge in [-0.15, -0.1) is 0 Å². The second-order valence-corrected chi connectivity index (χ2v) is 7.57. The number of ether oxygens (including phenoxy) is 1. The van der Waals surface area contributed by atoms with E-state index in [1.165, 1.54) is 12.1 Å². The Bertz CT molecular complexity index is 723. The van der Waals surface area contributed by atoms with Crippen molar-refractivity contribution in [1.82, 2.24) is 10.6 Å². The minimum atomic E-state index is -4.59. The molecule has 8 heteroatoms. The molecule has 0 aromatic heterocycles. The van der Waals surface area contributed by atoms with E-state index in [0.29, 0.717) is 12.3 Å². The van der Waals surface area contributed by atoms with Crippen molar-refractivity contribution in [3.05, 3.63) is 35.4 Å². The van der Waals surface area contributed by atoms with Crippen LogP contribution in [0.5, 0.6) is 0 Å². The van der Waals surface area contributed by atoms with Crippen molar-refractivity contribution in [3.8, 4) is 0 Å². The Hall–Kier alpha value is -2.09. The summed E-state index contributed by atoms with van der Waals surface area (Å²) in [4.78, 5) is 24.6. The molecule has 4 unspecified atom stereocenters. The molecule has 1 aliphatic carbocycles. The zero-order chi connectivity index (χ0) is 20.3. The highest BCUT2D eigenvalue weighted by Gasteiger charge is 2.39. The fourth-order valence-corrected chi connectivity index (χ4v) is 4.27. The van der Waals surface area contributed by atoms with E-state index >= 15 is 0 Å². The predicted molar refractivity (Wildman–Crippen MR) is 96.6 cm³/mol. The van der Waals surface area contributed by atoms with Crippen LogP contribution in [-0.4, -0.2) is 37.6 Å². The van der Waals surface area contributed by atoms with Gasteiger partial charge < -0.3 is 15.4 Å². The Morgan fingerprint density at radius 1 is 1.25 bits per heavy atom. The molecule has 1 aromatic rings. The van der Waals surface area contributed by atoms with Crippen molar-refractivity contribution in [2.75, 3.05) is 13.7 Å². The van der Waals surface area contributed by atoms with Gasteiger partial charge in [-0.2, -0.15) is 13.2 Å². The SMILES string of the molecule is COC1CCC2CC(CCNC(=O)c3ccccc3C(F)(F)F)C(=O)NC2C1. The number of hydrogen-bond donors (Lipinski definition) is 2. The largest absolute Gasteiger partial charge is 0.417 e. The predicted octanol–water partition coefficient (Wildman–Crippen LogP) is 3.15. The zero-order valence-electron chi connectivity index (χ0n) is 15.7. The highest BCUT2D eigenvalue weighted by Crippen LogP contribution is 2.35. The van der Waals surface area contributed by atoms with E-state index in [1.807, 2.05) is 0 Å². The van der Waals surface area contributed by atoms with Gasteiger partial charge in [-0.3, -0.25) is 9.59 Å². The number of carbonyl (C=O) groups excluding carboxylic acids is 2. The maximum absolute atomic E-state index is 13.0. The highest BCUT2D eigenvalue weighted by molar-refractivity contribution is 5.95. The van der Waals surface area contributed by atoms with Gasteiger partial charge in [0, 0.05) is 25.6 Å². The first-order valence-electron chi connectivity index (χ1n) is 9.57. The Kier molecular flexibility index (Phi) is 6.27. The summed E-state index contributed by atoms with van der Waals surface area (Å²) in [6, 6.07) is 4.82. The molecule has 1 heterocycles. The molecule has 1 saturated carbocycles. The van der Waals surface area contributed by atoms with Gasteiger partial charge in [-0.25, -0.2) is 0 Å². The number of benzene rings is 1. The van der Waals surface area contributed by atoms with Crippen LogP contribution in [0.1, 0.15) is 48.0 Å².